The lowest BCUT2D eigenvalue weighted by Gasteiger charge is -2.33. The van der Waals surface area contributed by atoms with Gasteiger partial charge in [0.1, 0.15) is 0 Å². The minimum atomic E-state index is -1.01. The fraction of sp³-hybridized carbons (Fsp3) is 0.917. The highest BCUT2D eigenvalue weighted by molar-refractivity contribution is 5.71. The Balaban J connectivity index is 4.72. The molecule has 0 saturated carbocycles. The topological polar surface area (TPSA) is 57.5 Å². The molecule has 0 spiro atoms. The van der Waals surface area contributed by atoms with E-state index in [-0.39, 0.29) is 0 Å². The zero-order valence-electron chi connectivity index (χ0n) is 10.1. The van der Waals surface area contributed by atoms with Gasteiger partial charge >= 0.3 is 5.97 Å². The second-order valence-electron chi connectivity index (χ2n) is 4.28. The Morgan fingerprint density at radius 2 is 1.60 bits per heavy atom. The van der Waals surface area contributed by atoms with Gasteiger partial charge in [-0.3, -0.25) is 4.79 Å². The Bertz CT molecular complexity index is 183. The van der Waals surface area contributed by atoms with Crippen LogP contribution in [0.4, 0.5) is 0 Å². The Labute approximate surface area is 92.5 Å². The summed E-state index contributed by atoms with van der Waals surface area (Å²) in [5.41, 5.74) is -1.01. The molecule has 90 valence electrons. The number of hydrogen-bond acceptors (Lipinski definition) is 2. The predicted molar refractivity (Wildman–Crippen MR) is 60.8 cm³/mol. The van der Waals surface area contributed by atoms with Crippen LogP contribution in [-0.4, -0.2) is 21.8 Å². The third-order valence-electron chi connectivity index (χ3n) is 2.89. The van der Waals surface area contributed by atoms with E-state index in [9.17, 15) is 9.90 Å². The molecular weight excluding hydrogens is 192 g/mol. The third kappa shape index (κ3) is 4.20. The first-order valence-corrected chi connectivity index (χ1v) is 5.97. The monoisotopic (exact) mass is 216 g/mol. The highest BCUT2D eigenvalue weighted by atomic mass is 16.4. The molecule has 0 aliphatic rings. The molecule has 0 rings (SSSR count). The summed E-state index contributed by atoms with van der Waals surface area (Å²) in [5, 5.41) is 19.5. The van der Waals surface area contributed by atoms with Crippen molar-refractivity contribution in [3.63, 3.8) is 0 Å². The Morgan fingerprint density at radius 1 is 1.13 bits per heavy atom. The molecule has 0 aromatic heterocycles. The van der Waals surface area contributed by atoms with Crippen molar-refractivity contribution in [3.05, 3.63) is 0 Å². The first-order valence-electron chi connectivity index (χ1n) is 5.97. The molecule has 3 nitrogen and oxygen atoms in total. The average molecular weight is 216 g/mol. The van der Waals surface area contributed by atoms with E-state index in [0.29, 0.717) is 19.3 Å². The summed E-state index contributed by atoms with van der Waals surface area (Å²) in [4.78, 5) is 11.1. The van der Waals surface area contributed by atoms with Gasteiger partial charge in [0.15, 0.2) is 0 Å². The van der Waals surface area contributed by atoms with Gasteiger partial charge in [0.05, 0.1) is 11.5 Å². The smallest absolute Gasteiger partial charge is 0.309 e. The molecule has 0 fully saturated rings. The van der Waals surface area contributed by atoms with E-state index in [4.69, 9.17) is 5.11 Å². The second-order valence-corrected chi connectivity index (χ2v) is 4.28. The second kappa shape index (κ2) is 6.83. The number of carbonyl (C=O) groups is 1. The van der Waals surface area contributed by atoms with E-state index < -0.39 is 17.5 Å². The molecule has 3 heteroatoms. The molecule has 1 atom stereocenters. The molecule has 0 saturated heterocycles. The van der Waals surface area contributed by atoms with Crippen LogP contribution in [0.25, 0.3) is 0 Å². The SMILES string of the molecule is CCCC(C(=O)O)C(O)(CCC)CCC. The van der Waals surface area contributed by atoms with Crippen molar-refractivity contribution < 1.29 is 15.0 Å². The molecule has 15 heavy (non-hydrogen) atoms. The van der Waals surface area contributed by atoms with Crippen molar-refractivity contribution in [2.75, 3.05) is 0 Å². The van der Waals surface area contributed by atoms with Crippen molar-refractivity contribution in [3.8, 4) is 0 Å². The molecule has 0 aromatic rings. The van der Waals surface area contributed by atoms with Gasteiger partial charge < -0.3 is 10.2 Å². The van der Waals surface area contributed by atoms with E-state index in [1.165, 1.54) is 0 Å². The van der Waals surface area contributed by atoms with Crippen molar-refractivity contribution in [2.24, 2.45) is 5.92 Å². The Kier molecular flexibility index (Phi) is 6.57. The highest BCUT2D eigenvalue weighted by Gasteiger charge is 2.39. The number of carboxylic acids is 1. The van der Waals surface area contributed by atoms with Gasteiger partial charge in [0, 0.05) is 0 Å². The zero-order valence-corrected chi connectivity index (χ0v) is 10.1. The van der Waals surface area contributed by atoms with E-state index in [1.807, 2.05) is 20.8 Å². The largest absolute Gasteiger partial charge is 0.481 e. The van der Waals surface area contributed by atoms with E-state index in [2.05, 4.69) is 0 Å². The average Bonchev–Trinajstić information content (AvgIpc) is 2.14. The Hall–Kier alpha value is -0.570. The summed E-state index contributed by atoms with van der Waals surface area (Å²) in [5.74, 6) is -1.47. The van der Waals surface area contributed by atoms with Crippen LogP contribution < -0.4 is 0 Å². The molecule has 0 aliphatic carbocycles. The maximum atomic E-state index is 11.1. The lowest BCUT2D eigenvalue weighted by Crippen LogP contribution is -2.42. The maximum absolute atomic E-state index is 11.1. The number of hydrogen-bond donors (Lipinski definition) is 2. The Morgan fingerprint density at radius 3 is 1.87 bits per heavy atom. The normalized spacial score (nSPS) is 13.9. The van der Waals surface area contributed by atoms with Gasteiger partial charge in [-0.1, -0.05) is 40.0 Å². The molecule has 0 aliphatic heterocycles. The van der Waals surface area contributed by atoms with E-state index in [0.717, 1.165) is 19.3 Å². The first kappa shape index (κ1) is 14.4. The lowest BCUT2D eigenvalue weighted by molar-refractivity contribution is -0.154. The molecule has 0 heterocycles. The van der Waals surface area contributed by atoms with Gasteiger partial charge in [0.25, 0.3) is 0 Å². The highest BCUT2D eigenvalue weighted by Crippen LogP contribution is 2.31. The summed E-state index contributed by atoms with van der Waals surface area (Å²) in [6.07, 6.45) is 4.17. The van der Waals surface area contributed by atoms with Crippen LogP contribution in [0.3, 0.4) is 0 Å². The summed E-state index contributed by atoms with van der Waals surface area (Å²) in [6.45, 7) is 5.91. The van der Waals surface area contributed by atoms with Crippen LogP contribution in [0.1, 0.15) is 59.3 Å². The van der Waals surface area contributed by atoms with Gasteiger partial charge in [0.2, 0.25) is 0 Å². The molecule has 1 unspecified atom stereocenters. The van der Waals surface area contributed by atoms with Crippen LogP contribution in [0.5, 0.6) is 0 Å². The van der Waals surface area contributed by atoms with Gasteiger partial charge in [-0.05, 0) is 19.3 Å². The first-order chi connectivity index (χ1) is 7.01. The van der Waals surface area contributed by atoms with Crippen LogP contribution in [0, 0.1) is 5.92 Å². The van der Waals surface area contributed by atoms with Crippen LogP contribution in [-0.2, 0) is 4.79 Å². The van der Waals surface area contributed by atoms with Crippen molar-refractivity contribution in [2.45, 2.75) is 64.9 Å². The standard InChI is InChI=1S/C12H24O3/c1-4-7-10(11(13)14)12(15,8-5-2)9-6-3/h10,15H,4-9H2,1-3H3,(H,13,14). The summed E-state index contributed by atoms with van der Waals surface area (Å²) in [7, 11) is 0. The quantitative estimate of drug-likeness (QED) is 0.656. The summed E-state index contributed by atoms with van der Waals surface area (Å²) in [6, 6.07) is 0. The van der Waals surface area contributed by atoms with Gasteiger partial charge in [-0.25, -0.2) is 0 Å². The molecule has 0 radical (unpaired) electrons. The number of carboxylic acid groups (broad SMARTS) is 1. The maximum Gasteiger partial charge on any atom is 0.309 e. The molecule has 0 amide bonds. The van der Waals surface area contributed by atoms with Gasteiger partial charge in [-0.15, -0.1) is 0 Å². The van der Waals surface area contributed by atoms with E-state index in [1.54, 1.807) is 0 Å². The van der Waals surface area contributed by atoms with Crippen LogP contribution >= 0.6 is 0 Å². The van der Waals surface area contributed by atoms with Crippen molar-refractivity contribution in [1.29, 1.82) is 0 Å². The van der Waals surface area contributed by atoms with Crippen LogP contribution in [0.15, 0.2) is 0 Å². The minimum absolute atomic E-state index is 0.561. The third-order valence-corrected chi connectivity index (χ3v) is 2.89. The van der Waals surface area contributed by atoms with Crippen molar-refractivity contribution >= 4 is 5.97 Å². The minimum Gasteiger partial charge on any atom is -0.481 e. The number of aliphatic carboxylic acids is 1. The van der Waals surface area contributed by atoms with Crippen LogP contribution in [0.2, 0.25) is 0 Å². The number of rotatable bonds is 8. The van der Waals surface area contributed by atoms with Gasteiger partial charge in [-0.2, -0.15) is 0 Å². The predicted octanol–water partition coefficient (Wildman–Crippen LogP) is 2.82. The fourth-order valence-corrected chi connectivity index (χ4v) is 2.25. The summed E-state index contributed by atoms with van der Waals surface area (Å²) >= 11 is 0. The molecule has 2 N–H and O–H groups in total. The molecule has 0 aromatic carbocycles. The summed E-state index contributed by atoms with van der Waals surface area (Å²) < 4.78 is 0. The lowest BCUT2D eigenvalue weighted by atomic mass is 9.78. The van der Waals surface area contributed by atoms with E-state index >= 15 is 0 Å². The molecule has 0 bridgehead atoms. The van der Waals surface area contributed by atoms with Crippen molar-refractivity contribution in [1.82, 2.24) is 0 Å². The zero-order chi connectivity index (χ0) is 11.9. The number of aliphatic hydroxyl groups is 1. The molecular formula is C12H24O3. The fourth-order valence-electron chi connectivity index (χ4n) is 2.25.